The maximum atomic E-state index is 13.9. The van der Waals surface area contributed by atoms with Crippen molar-refractivity contribution in [3.8, 4) is 0 Å². The maximum Gasteiger partial charge on any atom is 0.348 e. The van der Waals surface area contributed by atoms with Crippen LogP contribution < -0.4 is 5.73 Å². The number of fused-ring (bicyclic) bond motifs is 2. The van der Waals surface area contributed by atoms with Crippen LogP contribution >= 0.6 is 0 Å². The Labute approximate surface area is 272 Å². The van der Waals surface area contributed by atoms with Gasteiger partial charge in [0.1, 0.15) is 12.1 Å². The lowest BCUT2D eigenvalue weighted by molar-refractivity contribution is -0.269. The molecule has 0 aromatic heterocycles. The van der Waals surface area contributed by atoms with Crippen molar-refractivity contribution in [2.75, 3.05) is 13.7 Å². The molecule has 2 saturated heterocycles. The van der Waals surface area contributed by atoms with Crippen LogP contribution in [-0.2, 0) is 54.1 Å². The van der Waals surface area contributed by atoms with Gasteiger partial charge < -0.3 is 34.5 Å². The molecule has 6 rings (SSSR count). The lowest BCUT2D eigenvalue weighted by atomic mass is 9.38. The summed E-state index contributed by atoms with van der Waals surface area (Å²) in [5.41, 5.74) is 4.21. The first-order valence-electron chi connectivity index (χ1n) is 15.9. The first-order chi connectivity index (χ1) is 22.2. The molecular formula is C35H41NO11. The van der Waals surface area contributed by atoms with Gasteiger partial charge in [0.25, 0.3) is 0 Å². The molecule has 252 valence electrons. The third kappa shape index (κ3) is 4.95. The van der Waals surface area contributed by atoms with Crippen molar-refractivity contribution in [1.82, 2.24) is 0 Å². The highest BCUT2D eigenvalue weighted by Crippen LogP contribution is 2.72. The second-order valence-corrected chi connectivity index (χ2v) is 14.1. The van der Waals surface area contributed by atoms with Crippen LogP contribution in [0.25, 0.3) is 0 Å². The number of benzene rings is 1. The SMILES string of the molecule is COC(=O)C12CC(O)C3C4(C)CC(=O)C(OC(=O)C(N)Cc5ccccc5)=C(C)C4CC4OC(=O)C(OC(=O)C=C(C)C)C1C43CO2. The van der Waals surface area contributed by atoms with Crippen molar-refractivity contribution in [2.24, 2.45) is 34.3 Å². The molecule has 1 aromatic carbocycles. The molecular weight excluding hydrogens is 610 g/mol. The Morgan fingerprint density at radius 1 is 1.15 bits per heavy atom. The number of allylic oxidation sites excluding steroid dienone is 3. The number of ether oxygens (including phenoxy) is 5. The smallest absolute Gasteiger partial charge is 0.348 e. The highest BCUT2D eigenvalue weighted by atomic mass is 16.6. The molecule has 1 aromatic rings. The lowest BCUT2D eigenvalue weighted by Gasteiger charge is -2.66. The van der Waals surface area contributed by atoms with Gasteiger partial charge >= 0.3 is 23.9 Å². The predicted molar refractivity (Wildman–Crippen MR) is 163 cm³/mol. The van der Waals surface area contributed by atoms with Gasteiger partial charge in [0, 0.05) is 30.3 Å². The molecule has 4 fully saturated rings. The van der Waals surface area contributed by atoms with Crippen molar-refractivity contribution >= 4 is 29.7 Å². The number of carbonyl (C=O) groups excluding carboxylic acids is 5. The van der Waals surface area contributed by atoms with Crippen LogP contribution in [0.3, 0.4) is 0 Å². The number of hydrogen-bond acceptors (Lipinski definition) is 12. The van der Waals surface area contributed by atoms with Gasteiger partial charge in [-0.25, -0.2) is 19.2 Å². The second kappa shape index (κ2) is 11.7. The Bertz CT molecular complexity index is 1580. The van der Waals surface area contributed by atoms with Gasteiger partial charge in [-0.05, 0) is 56.1 Å². The number of hydrogen-bond donors (Lipinski definition) is 2. The van der Waals surface area contributed by atoms with Crippen molar-refractivity contribution in [3.05, 3.63) is 58.9 Å². The zero-order valence-corrected chi connectivity index (χ0v) is 27.1. The van der Waals surface area contributed by atoms with Gasteiger partial charge in [-0.3, -0.25) is 4.79 Å². The number of methoxy groups -OCH3 is 1. The fourth-order valence-electron chi connectivity index (χ4n) is 9.54. The van der Waals surface area contributed by atoms with Crippen LogP contribution in [0.4, 0.5) is 0 Å². The summed E-state index contributed by atoms with van der Waals surface area (Å²) in [7, 11) is 1.19. The van der Waals surface area contributed by atoms with E-state index in [1.54, 1.807) is 20.8 Å². The second-order valence-electron chi connectivity index (χ2n) is 14.1. The third-order valence-corrected chi connectivity index (χ3v) is 11.1. The average molecular weight is 652 g/mol. The van der Waals surface area contributed by atoms with Crippen LogP contribution in [0.2, 0.25) is 0 Å². The summed E-state index contributed by atoms with van der Waals surface area (Å²) in [5.74, 6) is -5.94. The summed E-state index contributed by atoms with van der Waals surface area (Å²) in [5, 5.41) is 11.9. The van der Waals surface area contributed by atoms with E-state index in [1.807, 2.05) is 37.3 Å². The van der Waals surface area contributed by atoms with E-state index in [9.17, 15) is 29.1 Å². The van der Waals surface area contributed by atoms with Gasteiger partial charge in [0.2, 0.25) is 6.10 Å². The fourth-order valence-corrected chi connectivity index (χ4v) is 9.54. The number of esters is 4. The summed E-state index contributed by atoms with van der Waals surface area (Å²) in [4.78, 5) is 67.0. The summed E-state index contributed by atoms with van der Waals surface area (Å²) in [6, 6.07) is 8.20. The first kappa shape index (κ1) is 33.0. The number of aliphatic hydroxyl groups excluding tert-OH is 1. The van der Waals surface area contributed by atoms with Crippen molar-refractivity contribution in [2.45, 2.75) is 83.3 Å². The third-order valence-electron chi connectivity index (χ3n) is 11.1. The van der Waals surface area contributed by atoms with E-state index in [0.29, 0.717) is 11.1 Å². The molecule has 12 heteroatoms. The van der Waals surface area contributed by atoms with E-state index in [2.05, 4.69) is 0 Å². The molecule has 5 aliphatic rings. The average Bonchev–Trinajstić information content (AvgIpc) is 3.26. The Kier molecular flexibility index (Phi) is 8.21. The standard InChI is InChI=1S/C35H41NO11/c1-17(2)11-25(39)46-27-29-34-16-44-35(29,32(42)43-5)15-23(38)28(34)33(4)14-22(37)26(18(3)20(33)13-24(34)45-31(27)41)47-30(40)21(36)12-19-9-7-6-8-10-19/h6-11,20-21,23-24,27-29,38H,12-16,36H2,1-5H3. The van der Waals surface area contributed by atoms with Gasteiger partial charge in [-0.15, -0.1) is 0 Å². The Hall–Kier alpha value is -3.87. The van der Waals surface area contributed by atoms with E-state index in [-0.39, 0.29) is 38.0 Å². The molecule has 47 heavy (non-hydrogen) atoms. The van der Waals surface area contributed by atoms with Crippen LogP contribution in [0, 0.1) is 28.6 Å². The molecule has 2 bridgehead atoms. The Morgan fingerprint density at radius 2 is 1.85 bits per heavy atom. The molecule has 2 heterocycles. The van der Waals surface area contributed by atoms with Crippen LogP contribution in [0.1, 0.15) is 52.5 Å². The van der Waals surface area contributed by atoms with E-state index < -0.39 is 88.2 Å². The van der Waals surface area contributed by atoms with Gasteiger partial charge in [0.15, 0.2) is 17.1 Å². The molecule has 10 atom stereocenters. The molecule has 10 unspecified atom stereocenters. The Balaban J connectivity index is 1.39. The summed E-state index contributed by atoms with van der Waals surface area (Å²) >= 11 is 0. The highest BCUT2D eigenvalue weighted by Gasteiger charge is 2.82. The molecule has 12 nitrogen and oxygen atoms in total. The molecule has 2 aliphatic heterocycles. The van der Waals surface area contributed by atoms with E-state index >= 15 is 0 Å². The molecule has 3 aliphatic carbocycles. The summed E-state index contributed by atoms with van der Waals surface area (Å²) in [6.45, 7) is 6.89. The summed E-state index contributed by atoms with van der Waals surface area (Å²) in [6.07, 6.45) is -2.29. The maximum absolute atomic E-state index is 13.9. The first-order valence-corrected chi connectivity index (χ1v) is 15.9. The van der Waals surface area contributed by atoms with Gasteiger partial charge in [-0.2, -0.15) is 0 Å². The molecule has 0 amide bonds. The molecule has 1 spiro atoms. The fraction of sp³-hybridized carbons (Fsp3) is 0.571. The largest absolute Gasteiger partial charge is 0.467 e. The van der Waals surface area contributed by atoms with E-state index in [4.69, 9.17) is 29.4 Å². The number of Topliss-reactive ketones (excluding diaryl/α,β-unsaturated/α-hetero) is 1. The Morgan fingerprint density at radius 3 is 2.51 bits per heavy atom. The van der Waals surface area contributed by atoms with Crippen LogP contribution in [-0.4, -0.2) is 78.4 Å². The van der Waals surface area contributed by atoms with E-state index in [0.717, 1.165) is 5.56 Å². The quantitative estimate of drug-likeness (QED) is 0.250. The summed E-state index contributed by atoms with van der Waals surface area (Å²) < 4.78 is 28.9. The number of aliphatic hydroxyl groups is 1. The normalized spacial score (nSPS) is 37.5. The number of ketones is 1. The molecule has 0 radical (unpaired) electrons. The number of nitrogens with two attached hydrogens (primary N) is 1. The monoisotopic (exact) mass is 651 g/mol. The van der Waals surface area contributed by atoms with E-state index in [1.165, 1.54) is 13.2 Å². The predicted octanol–water partition coefficient (Wildman–Crippen LogP) is 2.10. The molecule has 3 N–H and O–H groups in total. The topological polar surface area (TPSA) is 178 Å². The minimum Gasteiger partial charge on any atom is -0.467 e. The number of carbonyl (C=O) groups is 5. The van der Waals surface area contributed by atoms with Gasteiger partial charge in [0.05, 0.1) is 25.7 Å². The lowest BCUT2D eigenvalue weighted by Crippen LogP contribution is -2.75. The zero-order chi connectivity index (χ0) is 34.1. The van der Waals surface area contributed by atoms with Crippen molar-refractivity contribution in [1.29, 1.82) is 0 Å². The minimum absolute atomic E-state index is 0.0963. The van der Waals surface area contributed by atoms with Crippen molar-refractivity contribution < 1.29 is 52.8 Å². The minimum atomic E-state index is -1.79. The van der Waals surface area contributed by atoms with Crippen LogP contribution in [0.15, 0.2) is 53.3 Å². The zero-order valence-electron chi connectivity index (χ0n) is 27.1. The van der Waals surface area contributed by atoms with Crippen molar-refractivity contribution in [3.63, 3.8) is 0 Å². The molecule has 2 saturated carbocycles. The van der Waals surface area contributed by atoms with Gasteiger partial charge in [-0.1, -0.05) is 42.8 Å². The van der Waals surface area contributed by atoms with Crippen LogP contribution in [0.5, 0.6) is 0 Å². The highest BCUT2D eigenvalue weighted by molar-refractivity contribution is 5.98. The number of rotatable bonds is 7.